The molecule has 0 unspecified atom stereocenters. The maximum absolute atomic E-state index is 12.8. The number of hydrogen-bond acceptors (Lipinski definition) is 6. The summed E-state index contributed by atoms with van der Waals surface area (Å²) in [4.78, 5) is 17.2. The highest BCUT2D eigenvalue weighted by molar-refractivity contribution is 9.10. The van der Waals surface area contributed by atoms with Crippen molar-refractivity contribution in [2.75, 3.05) is 26.4 Å². The van der Waals surface area contributed by atoms with Crippen LogP contribution in [0.4, 0.5) is 0 Å². The van der Waals surface area contributed by atoms with Gasteiger partial charge in [0.1, 0.15) is 0 Å². The van der Waals surface area contributed by atoms with Gasteiger partial charge in [0, 0.05) is 10.7 Å². The van der Waals surface area contributed by atoms with Gasteiger partial charge in [0.25, 0.3) is 0 Å². The maximum atomic E-state index is 12.8. The van der Waals surface area contributed by atoms with Crippen molar-refractivity contribution in [1.82, 2.24) is 14.1 Å². The van der Waals surface area contributed by atoms with Crippen molar-refractivity contribution in [3.8, 4) is 0 Å². The van der Waals surface area contributed by atoms with E-state index in [1.165, 1.54) is 0 Å². The molecule has 4 rings (SSSR count). The van der Waals surface area contributed by atoms with Crippen LogP contribution in [0.2, 0.25) is 0 Å². The predicted octanol–water partition coefficient (Wildman–Crippen LogP) is 0.706. The third-order valence-corrected chi connectivity index (χ3v) is 4.30. The van der Waals surface area contributed by atoms with E-state index in [9.17, 15) is 4.79 Å². The molecule has 2 fully saturated rings. The fourth-order valence-corrected chi connectivity index (χ4v) is 3.15. The number of imidazole rings is 1. The van der Waals surface area contributed by atoms with Crippen molar-refractivity contribution in [2.45, 2.75) is 25.7 Å². The van der Waals surface area contributed by atoms with Gasteiger partial charge in [0.2, 0.25) is 0 Å². The van der Waals surface area contributed by atoms with E-state index in [0.29, 0.717) is 45.2 Å². The fraction of sp³-hybridized carbons (Fsp3) is 0.571. The van der Waals surface area contributed by atoms with Gasteiger partial charge in [-0.25, -0.2) is 9.78 Å². The minimum atomic E-state index is -0.420. The number of hydrogen-bond donors (Lipinski definition) is 0. The first kappa shape index (κ1) is 15.3. The molecule has 0 aromatic carbocycles. The largest absolute Gasteiger partial charge is 0.348 e. The second kappa shape index (κ2) is 6.33. The van der Waals surface area contributed by atoms with Crippen LogP contribution >= 0.6 is 15.9 Å². The Bertz CT molecular complexity index is 762. The number of pyridine rings is 1. The normalized spacial score (nSPS) is 20.0. The van der Waals surface area contributed by atoms with E-state index in [1.54, 1.807) is 15.3 Å². The summed E-state index contributed by atoms with van der Waals surface area (Å²) in [5.41, 5.74) is 1.14. The van der Waals surface area contributed by atoms with Gasteiger partial charge in [0.15, 0.2) is 18.2 Å². The fourth-order valence-electron chi connectivity index (χ4n) is 2.83. The van der Waals surface area contributed by atoms with E-state index in [1.807, 2.05) is 6.07 Å². The lowest BCUT2D eigenvalue weighted by Crippen LogP contribution is -2.32. The number of halogens is 1. The minimum Gasteiger partial charge on any atom is -0.348 e. The second-order valence-corrected chi connectivity index (χ2v) is 6.26. The van der Waals surface area contributed by atoms with Crippen molar-refractivity contribution in [3.05, 3.63) is 27.2 Å². The second-order valence-electron chi connectivity index (χ2n) is 5.34. The zero-order valence-corrected chi connectivity index (χ0v) is 13.9. The van der Waals surface area contributed by atoms with E-state index in [2.05, 4.69) is 20.9 Å². The molecule has 0 aliphatic carbocycles. The quantitative estimate of drug-likeness (QED) is 0.771. The lowest BCUT2D eigenvalue weighted by Gasteiger charge is -2.10. The third kappa shape index (κ3) is 2.94. The molecule has 2 aliphatic heterocycles. The van der Waals surface area contributed by atoms with E-state index >= 15 is 0 Å². The zero-order valence-electron chi connectivity index (χ0n) is 12.3. The molecule has 9 heteroatoms. The number of nitrogens with zero attached hydrogens (tertiary/aromatic N) is 3. The van der Waals surface area contributed by atoms with E-state index in [4.69, 9.17) is 18.9 Å². The van der Waals surface area contributed by atoms with Gasteiger partial charge < -0.3 is 18.9 Å². The molecule has 8 nitrogen and oxygen atoms in total. The molecule has 0 N–H and O–H groups in total. The average Bonchev–Trinajstić information content (AvgIpc) is 3.27. The van der Waals surface area contributed by atoms with Gasteiger partial charge in [-0.2, -0.15) is 0 Å². The molecule has 2 aromatic heterocycles. The molecule has 2 aromatic rings. The van der Waals surface area contributed by atoms with Gasteiger partial charge in [-0.15, -0.1) is 0 Å². The Hall–Kier alpha value is -1.26. The van der Waals surface area contributed by atoms with Gasteiger partial charge in [-0.05, 0) is 22.0 Å². The van der Waals surface area contributed by atoms with Crippen LogP contribution in [-0.2, 0) is 32.0 Å². The number of rotatable bonds is 4. The summed E-state index contributed by atoms with van der Waals surface area (Å²) in [7, 11) is 0. The van der Waals surface area contributed by atoms with Crippen molar-refractivity contribution in [2.24, 2.45) is 0 Å². The van der Waals surface area contributed by atoms with Crippen LogP contribution in [0.5, 0.6) is 0 Å². The zero-order chi connectivity index (χ0) is 15.8. The number of ether oxygens (including phenoxy) is 4. The molecule has 0 spiro atoms. The van der Waals surface area contributed by atoms with Crippen molar-refractivity contribution >= 4 is 27.1 Å². The Balaban J connectivity index is 1.75. The van der Waals surface area contributed by atoms with Crippen LogP contribution in [0.3, 0.4) is 0 Å². The van der Waals surface area contributed by atoms with Crippen molar-refractivity contribution in [1.29, 1.82) is 0 Å². The highest BCUT2D eigenvalue weighted by atomic mass is 79.9. The topological polar surface area (TPSA) is 76.7 Å². The first-order valence-electron chi connectivity index (χ1n) is 7.43. The molecule has 0 atom stereocenters. The number of fused-ring (bicyclic) bond motifs is 1. The molecule has 0 radical (unpaired) electrons. The van der Waals surface area contributed by atoms with E-state index < -0.39 is 12.6 Å². The van der Waals surface area contributed by atoms with Crippen LogP contribution in [0.15, 0.2) is 21.5 Å². The van der Waals surface area contributed by atoms with Gasteiger partial charge in [-0.1, -0.05) is 0 Å². The lowest BCUT2D eigenvalue weighted by molar-refractivity contribution is -0.0554. The highest BCUT2D eigenvalue weighted by Gasteiger charge is 2.24. The van der Waals surface area contributed by atoms with Crippen LogP contribution in [-0.4, -0.2) is 53.1 Å². The first-order valence-corrected chi connectivity index (χ1v) is 8.22. The molecule has 2 saturated heterocycles. The Morgan fingerprint density at radius 2 is 1.61 bits per heavy atom. The molecule has 124 valence electrons. The van der Waals surface area contributed by atoms with E-state index in [-0.39, 0.29) is 5.69 Å². The van der Waals surface area contributed by atoms with Crippen molar-refractivity contribution in [3.63, 3.8) is 0 Å². The smallest absolute Gasteiger partial charge is 0.330 e. The minimum absolute atomic E-state index is 0.177. The van der Waals surface area contributed by atoms with E-state index in [0.717, 1.165) is 9.99 Å². The molecule has 0 amide bonds. The average molecular weight is 386 g/mol. The number of aromatic nitrogens is 3. The van der Waals surface area contributed by atoms with Gasteiger partial charge >= 0.3 is 5.69 Å². The van der Waals surface area contributed by atoms with Crippen LogP contribution < -0.4 is 5.69 Å². The van der Waals surface area contributed by atoms with Gasteiger partial charge in [-0.3, -0.25) is 9.13 Å². The van der Waals surface area contributed by atoms with Crippen LogP contribution in [0, 0.1) is 0 Å². The Labute approximate surface area is 140 Å². The molecule has 0 saturated carbocycles. The first-order chi connectivity index (χ1) is 11.2. The SMILES string of the molecule is O=c1n(CC2OCCO2)c2cc(Br)cnc2n1CC1OCCO1. The van der Waals surface area contributed by atoms with Crippen molar-refractivity contribution < 1.29 is 18.9 Å². The maximum Gasteiger partial charge on any atom is 0.330 e. The summed E-state index contributed by atoms with van der Waals surface area (Å²) in [5.74, 6) is 0. The summed E-state index contributed by atoms with van der Waals surface area (Å²) < 4.78 is 25.8. The molecule has 4 heterocycles. The molecule has 23 heavy (non-hydrogen) atoms. The third-order valence-electron chi connectivity index (χ3n) is 3.87. The Morgan fingerprint density at radius 3 is 2.22 bits per heavy atom. The standard InChI is InChI=1S/C14H16BrN3O5/c15-9-5-10-13(16-6-9)18(8-12-22-3-4-23-12)14(19)17(10)7-11-20-1-2-21-11/h5-6,11-12H,1-4,7-8H2. The molecular weight excluding hydrogens is 370 g/mol. The predicted molar refractivity (Wildman–Crippen MR) is 83.1 cm³/mol. The van der Waals surface area contributed by atoms with Gasteiger partial charge in [0.05, 0.1) is 45.0 Å². The summed E-state index contributed by atoms with van der Waals surface area (Å²) in [6, 6.07) is 1.87. The summed E-state index contributed by atoms with van der Waals surface area (Å²) >= 11 is 3.40. The summed E-state index contributed by atoms with van der Waals surface area (Å²) in [6.45, 7) is 2.81. The highest BCUT2D eigenvalue weighted by Crippen LogP contribution is 2.19. The Kier molecular flexibility index (Phi) is 4.20. The Morgan fingerprint density at radius 1 is 1.04 bits per heavy atom. The summed E-state index contributed by atoms with van der Waals surface area (Å²) in [6.07, 6.45) is 0.836. The summed E-state index contributed by atoms with van der Waals surface area (Å²) in [5, 5.41) is 0. The molecular formula is C14H16BrN3O5. The molecule has 2 aliphatic rings. The van der Waals surface area contributed by atoms with Crippen LogP contribution in [0.1, 0.15) is 0 Å². The molecule has 0 bridgehead atoms. The van der Waals surface area contributed by atoms with Crippen LogP contribution in [0.25, 0.3) is 11.2 Å². The lowest BCUT2D eigenvalue weighted by atomic mass is 10.4. The monoisotopic (exact) mass is 385 g/mol.